The first-order valence-corrected chi connectivity index (χ1v) is 7.22. The van der Waals surface area contributed by atoms with Crippen LogP contribution in [-0.2, 0) is 10.8 Å². The molecule has 1 heterocycles. The Balaban J connectivity index is 2.03. The molecule has 1 atom stereocenters. The normalized spacial score (nSPS) is 12.3. The van der Waals surface area contributed by atoms with E-state index in [9.17, 15) is 4.21 Å². The lowest BCUT2D eigenvalue weighted by Gasteiger charge is -2.06. The van der Waals surface area contributed by atoms with Crippen LogP contribution >= 0.6 is 0 Å². The van der Waals surface area contributed by atoms with Gasteiger partial charge in [-0.15, -0.1) is 0 Å². The molecular weight excluding hydrogens is 250 g/mol. The lowest BCUT2D eigenvalue weighted by atomic mass is 10.3. The Morgan fingerprint density at radius 1 is 1.33 bits per heavy atom. The molecule has 1 aromatic carbocycles. The van der Waals surface area contributed by atoms with Gasteiger partial charge in [-0.2, -0.15) is 4.68 Å². The smallest absolute Gasteiger partial charge is 0.247 e. The highest BCUT2D eigenvalue weighted by Gasteiger charge is 2.07. The Kier molecular flexibility index (Phi) is 4.40. The zero-order chi connectivity index (χ0) is 12.8. The van der Waals surface area contributed by atoms with Crippen molar-refractivity contribution in [3.05, 3.63) is 30.3 Å². The average Bonchev–Trinajstić information content (AvgIpc) is 2.88. The summed E-state index contributed by atoms with van der Waals surface area (Å²) in [5, 5.41) is 14.6. The van der Waals surface area contributed by atoms with E-state index in [1.165, 1.54) is 0 Å². The van der Waals surface area contributed by atoms with Gasteiger partial charge in [0.1, 0.15) is 0 Å². The molecule has 6 nitrogen and oxygen atoms in total. The van der Waals surface area contributed by atoms with Crippen molar-refractivity contribution in [2.45, 2.75) is 6.92 Å². The fraction of sp³-hybridized carbons (Fsp3) is 0.364. The zero-order valence-corrected chi connectivity index (χ0v) is 10.9. The van der Waals surface area contributed by atoms with Crippen LogP contribution in [-0.4, -0.2) is 42.5 Å². The molecule has 18 heavy (non-hydrogen) atoms. The molecular formula is C11H15N5OS. The summed E-state index contributed by atoms with van der Waals surface area (Å²) in [6.07, 6.45) is 0. The van der Waals surface area contributed by atoms with Gasteiger partial charge in [-0.25, -0.2) is 0 Å². The van der Waals surface area contributed by atoms with E-state index >= 15 is 0 Å². The summed E-state index contributed by atoms with van der Waals surface area (Å²) < 4.78 is 12.9. The van der Waals surface area contributed by atoms with Crippen molar-refractivity contribution in [2.75, 3.05) is 23.4 Å². The van der Waals surface area contributed by atoms with E-state index in [1.54, 1.807) is 4.68 Å². The van der Waals surface area contributed by atoms with Crippen molar-refractivity contribution >= 4 is 16.7 Å². The highest BCUT2D eigenvalue weighted by molar-refractivity contribution is 7.84. The number of anilines is 1. The van der Waals surface area contributed by atoms with Gasteiger partial charge in [0, 0.05) is 28.9 Å². The molecule has 7 heteroatoms. The molecule has 0 saturated heterocycles. The Labute approximate surface area is 108 Å². The van der Waals surface area contributed by atoms with Crippen LogP contribution in [0.25, 0.3) is 5.69 Å². The van der Waals surface area contributed by atoms with Gasteiger partial charge in [0.15, 0.2) is 0 Å². The molecule has 2 aromatic rings. The largest absolute Gasteiger partial charge is 0.352 e. The van der Waals surface area contributed by atoms with E-state index in [1.807, 2.05) is 37.3 Å². The second kappa shape index (κ2) is 6.25. The monoisotopic (exact) mass is 265 g/mol. The minimum atomic E-state index is -0.780. The second-order valence-electron chi connectivity index (χ2n) is 3.61. The van der Waals surface area contributed by atoms with Crippen molar-refractivity contribution in [3.63, 3.8) is 0 Å². The molecule has 96 valence electrons. The molecule has 0 fully saturated rings. The highest BCUT2D eigenvalue weighted by atomic mass is 32.2. The topological polar surface area (TPSA) is 72.7 Å². The number of hydrogen-bond acceptors (Lipinski definition) is 5. The minimum Gasteiger partial charge on any atom is -0.352 e. The molecule has 0 radical (unpaired) electrons. The lowest BCUT2D eigenvalue weighted by molar-refractivity contribution is 0.684. The molecule has 0 saturated carbocycles. The Morgan fingerprint density at radius 3 is 2.83 bits per heavy atom. The third-order valence-corrected chi connectivity index (χ3v) is 3.71. The molecule has 0 spiro atoms. The SMILES string of the molecule is CCS(=O)CCNc1nnnn1-c1ccccc1. The van der Waals surface area contributed by atoms with E-state index in [2.05, 4.69) is 20.8 Å². The molecule has 0 aliphatic rings. The fourth-order valence-corrected chi connectivity index (χ4v) is 2.08. The summed E-state index contributed by atoms with van der Waals surface area (Å²) in [5.74, 6) is 1.83. The molecule has 2 rings (SSSR count). The fourth-order valence-electron chi connectivity index (χ4n) is 1.46. The number of hydrogen-bond donors (Lipinski definition) is 1. The van der Waals surface area contributed by atoms with Crippen molar-refractivity contribution in [2.24, 2.45) is 0 Å². The van der Waals surface area contributed by atoms with Crippen LogP contribution in [0, 0.1) is 0 Å². The third-order valence-electron chi connectivity index (χ3n) is 2.41. The van der Waals surface area contributed by atoms with E-state index in [-0.39, 0.29) is 0 Å². The van der Waals surface area contributed by atoms with Gasteiger partial charge in [0.2, 0.25) is 5.95 Å². The number of nitrogens with zero attached hydrogens (tertiary/aromatic N) is 4. The molecule has 0 amide bonds. The van der Waals surface area contributed by atoms with E-state index < -0.39 is 10.8 Å². The maximum Gasteiger partial charge on any atom is 0.247 e. The first-order chi connectivity index (χ1) is 8.81. The minimum absolute atomic E-state index is 0.564. The number of nitrogens with one attached hydrogen (secondary N) is 1. The van der Waals surface area contributed by atoms with Crippen molar-refractivity contribution in [1.82, 2.24) is 20.2 Å². The number of rotatable bonds is 6. The number of para-hydroxylation sites is 1. The van der Waals surface area contributed by atoms with E-state index in [0.29, 0.717) is 24.0 Å². The van der Waals surface area contributed by atoms with Crippen molar-refractivity contribution < 1.29 is 4.21 Å². The zero-order valence-electron chi connectivity index (χ0n) is 10.1. The summed E-state index contributed by atoms with van der Waals surface area (Å²) in [6.45, 7) is 2.50. The molecule has 0 aliphatic carbocycles. The van der Waals surface area contributed by atoms with Gasteiger partial charge in [0.25, 0.3) is 0 Å². The summed E-state index contributed by atoms with van der Waals surface area (Å²) in [5.41, 5.74) is 0.890. The summed E-state index contributed by atoms with van der Waals surface area (Å²) in [4.78, 5) is 0. The third kappa shape index (κ3) is 3.13. The van der Waals surface area contributed by atoms with Gasteiger partial charge in [-0.05, 0) is 22.6 Å². The average molecular weight is 265 g/mol. The van der Waals surface area contributed by atoms with Gasteiger partial charge in [0.05, 0.1) is 5.69 Å². The molecule has 1 aromatic heterocycles. The highest BCUT2D eigenvalue weighted by Crippen LogP contribution is 2.09. The first kappa shape index (κ1) is 12.7. The van der Waals surface area contributed by atoms with Gasteiger partial charge in [-0.1, -0.05) is 30.2 Å². The van der Waals surface area contributed by atoms with Crippen molar-refractivity contribution in [3.8, 4) is 5.69 Å². The molecule has 0 aliphatic heterocycles. The van der Waals surface area contributed by atoms with Crippen LogP contribution in [0.4, 0.5) is 5.95 Å². The maximum atomic E-state index is 11.3. The Hall–Kier alpha value is -1.76. The van der Waals surface area contributed by atoms with Crippen LogP contribution in [0.1, 0.15) is 6.92 Å². The summed E-state index contributed by atoms with van der Waals surface area (Å²) in [7, 11) is -0.780. The quantitative estimate of drug-likeness (QED) is 0.838. The lowest BCUT2D eigenvalue weighted by Crippen LogP contribution is -2.15. The van der Waals surface area contributed by atoms with Crippen LogP contribution in [0.5, 0.6) is 0 Å². The van der Waals surface area contributed by atoms with Crippen LogP contribution in [0.3, 0.4) is 0 Å². The summed E-state index contributed by atoms with van der Waals surface area (Å²) in [6, 6.07) is 9.63. The molecule has 1 N–H and O–H groups in total. The number of aromatic nitrogens is 4. The van der Waals surface area contributed by atoms with Crippen LogP contribution in [0.2, 0.25) is 0 Å². The number of benzene rings is 1. The first-order valence-electron chi connectivity index (χ1n) is 5.74. The van der Waals surface area contributed by atoms with Gasteiger partial charge < -0.3 is 5.32 Å². The maximum absolute atomic E-state index is 11.3. The van der Waals surface area contributed by atoms with Crippen LogP contribution < -0.4 is 5.32 Å². The van der Waals surface area contributed by atoms with E-state index in [4.69, 9.17) is 0 Å². The predicted molar refractivity (Wildman–Crippen MR) is 71.2 cm³/mol. The number of tetrazole rings is 1. The molecule has 1 unspecified atom stereocenters. The van der Waals surface area contributed by atoms with Gasteiger partial charge in [-0.3, -0.25) is 4.21 Å². The van der Waals surface area contributed by atoms with Crippen molar-refractivity contribution in [1.29, 1.82) is 0 Å². The van der Waals surface area contributed by atoms with Crippen LogP contribution in [0.15, 0.2) is 30.3 Å². The molecule has 0 bridgehead atoms. The Morgan fingerprint density at radius 2 is 2.11 bits per heavy atom. The second-order valence-corrected chi connectivity index (χ2v) is 5.47. The standard InChI is InChI=1S/C11H15N5OS/c1-2-18(17)9-8-12-11-13-14-15-16(11)10-6-4-3-5-7-10/h3-7H,2,8-9H2,1H3,(H,12,13,15). The van der Waals surface area contributed by atoms with Gasteiger partial charge >= 0.3 is 0 Å². The Bertz CT molecular complexity index is 513. The summed E-state index contributed by atoms with van der Waals surface area (Å²) >= 11 is 0. The van der Waals surface area contributed by atoms with E-state index in [0.717, 1.165) is 5.69 Å². The predicted octanol–water partition coefficient (Wildman–Crippen LogP) is 0.843.